The quantitative estimate of drug-likeness (QED) is 0.637. The fraction of sp³-hybridized carbons (Fsp3) is 0.143. The number of benzene rings is 2. The second-order valence-electron chi connectivity index (χ2n) is 5.76. The third-order valence-corrected chi connectivity index (χ3v) is 3.90. The van der Waals surface area contributed by atoms with Gasteiger partial charge in [0, 0.05) is 6.20 Å². The van der Waals surface area contributed by atoms with Crippen LogP contribution in [0.2, 0.25) is 0 Å². The number of amides is 1. The van der Waals surface area contributed by atoms with E-state index in [-0.39, 0.29) is 18.3 Å². The molecule has 0 bridgehead atoms. The van der Waals surface area contributed by atoms with E-state index in [1.165, 1.54) is 24.3 Å². The SMILES string of the molecule is COc1ccc(CN(C(=O)COc2ccc(F)cc2)c2ccccn2)cc1. The minimum atomic E-state index is -0.358. The van der Waals surface area contributed by atoms with E-state index in [2.05, 4.69) is 4.98 Å². The van der Waals surface area contributed by atoms with Crippen molar-refractivity contribution < 1.29 is 18.7 Å². The molecule has 27 heavy (non-hydrogen) atoms. The van der Waals surface area contributed by atoms with Gasteiger partial charge in [0.25, 0.3) is 5.91 Å². The summed E-state index contributed by atoms with van der Waals surface area (Å²) in [5, 5.41) is 0. The Hall–Kier alpha value is -3.41. The van der Waals surface area contributed by atoms with Crippen molar-refractivity contribution in [3.63, 3.8) is 0 Å². The van der Waals surface area contributed by atoms with Crippen LogP contribution in [-0.4, -0.2) is 24.6 Å². The summed E-state index contributed by atoms with van der Waals surface area (Å²) in [7, 11) is 1.60. The zero-order valence-corrected chi connectivity index (χ0v) is 14.8. The van der Waals surface area contributed by atoms with Gasteiger partial charge >= 0.3 is 0 Å². The summed E-state index contributed by atoms with van der Waals surface area (Å²) in [5.41, 5.74) is 0.927. The van der Waals surface area contributed by atoms with Crippen LogP contribution in [-0.2, 0) is 11.3 Å². The molecule has 0 fully saturated rings. The Morgan fingerprint density at radius 3 is 2.33 bits per heavy atom. The second-order valence-corrected chi connectivity index (χ2v) is 5.76. The van der Waals surface area contributed by atoms with Crippen molar-refractivity contribution in [3.05, 3.63) is 84.3 Å². The van der Waals surface area contributed by atoms with E-state index in [1.807, 2.05) is 30.3 Å². The highest BCUT2D eigenvalue weighted by atomic mass is 19.1. The van der Waals surface area contributed by atoms with Gasteiger partial charge in [-0.05, 0) is 54.1 Å². The number of methoxy groups -OCH3 is 1. The number of hydrogen-bond donors (Lipinski definition) is 0. The highest BCUT2D eigenvalue weighted by Gasteiger charge is 2.18. The molecular formula is C21H19FN2O3. The van der Waals surface area contributed by atoms with Crippen molar-refractivity contribution in [2.24, 2.45) is 0 Å². The molecule has 0 N–H and O–H groups in total. The lowest BCUT2D eigenvalue weighted by Crippen LogP contribution is -2.35. The molecule has 138 valence electrons. The molecule has 0 radical (unpaired) electrons. The van der Waals surface area contributed by atoms with Gasteiger partial charge in [-0.15, -0.1) is 0 Å². The lowest BCUT2D eigenvalue weighted by Gasteiger charge is -2.22. The molecule has 0 unspecified atom stereocenters. The molecule has 0 aliphatic rings. The maximum absolute atomic E-state index is 13.0. The van der Waals surface area contributed by atoms with Crippen LogP contribution in [0.15, 0.2) is 72.9 Å². The first-order chi connectivity index (χ1) is 13.2. The van der Waals surface area contributed by atoms with Crippen molar-refractivity contribution in [2.45, 2.75) is 6.54 Å². The number of aromatic nitrogens is 1. The fourth-order valence-electron chi connectivity index (χ4n) is 2.48. The standard InChI is InChI=1S/C21H19FN2O3/c1-26-18-9-5-16(6-10-18)14-24(20-4-2-3-13-23-20)21(25)15-27-19-11-7-17(22)8-12-19/h2-13H,14-15H2,1H3. The van der Waals surface area contributed by atoms with Crippen LogP contribution in [0.25, 0.3) is 0 Å². The maximum Gasteiger partial charge on any atom is 0.266 e. The minimum absolute atomic E-state index is 0.182. The van der Waals surface area contributed by atoms with Crippen LogP contribution in [0.3, 0.4) is 0 Å². The van der Waals surface area contributed by atoms with Crippen molar-refractivity contribution in [1.82, 2.24) is 4.98 Å². The normalized spacial score (nSPS) is 10.3. The minimum Gasteiger partial charge on any atom is -0.497 e. The van der Waals surface area contributed by atoms with E-state index in [1.54, 1.807) is 30.3 Å². The largest absolute Gasteiger partial charge is 0.497 e. The lowest BCUT2D eigenvalue weighted by molar-refractivity contribution is -0.120. The number of nitrogens with zero attached hydrogens (tertiary/aromatic N) is 2. The van der Waals surface area contributed by atoms with Gasteiger partial charge in [0.2, 0.25) is 0 Å². The van der Waals surface area contributed by atoms with Crippen molar-refractivity contribution in [2.75, 3.05) is 18.6 Å². The van der Waals surface area contributed by atoms with Crippen LogP contribution in [0, 0.1) is 5.82 Å². The third kappa shape index (κ3) is 5.04. The van der Waals surface area contributed by atoms with Crippen LogP contribution >= 0.6 is 0 Å². The first kappa shape index (κ1) is 18.4. The van der Waals surface area contributed by atoms with Gasteiger partial charge in [-0.2, -0.15) is 0 Å². The molecular weight excluding hydrogens is 347 g/mol. The van der Waals surface area contributed by atoms with E-state index in [0.717, 1.165) is 11.3 Å². The molecule has 5 nitrogen and oxygen atoms in total. The molecule has 1 aromatic heterocycles. The molecule has 3 rings (SSSR count). The molecule has 0 atom stereocenters. The Balaban J connectivity index is 1.74. The second kappa shape index (κ2) is 8.80. The highest BCUT2D eigenvalue weighted by molar-refractivity contribution is 5.93. The summed E-state index contributed by atoms with van der Waals surface area (Å²) in [6.45, 7) is 0.158. The summed E-state index contributed by atoms with van der Waals surface area (Å²) in [4.78, 5) is 18.6. The van der Waals surface area contributed by atoms with Gasteiger partial charge in [0.05, 0.1) is 13.7 Å². The molecule has 1 heterocycles. The summed E-state index contributed by atoms with van der Waals surface area (Å²) < 4.78 is 23.6. The number of ether oxygens (including phenoxy) is 2. The van der Waals surface area contributed by atoms with Crippen molar-refractivity contribution in [1.29, 1.82) is 0 Å². The molecule has 0 saturated heterocycles. The molecule has 1 amide bonds. The first-order valence-electron chi connectivity index (χ1n) is 8.38. The van der Waals surface area contributed by atoms with Gasteiger partial charge in [0.15, 0.2) is 6.61 Å². The van der Waals surface area contributed by atoms with Gasteiger partial charge in [-0.25, -0.2) is 9.37 Å². The smallest absolute Gasteiger partial charge is 0.266 e. The predicted molar refractivity (Wildman–Crippen MR) is 100 cm³/mol. The van der Waals surface area contributed by atoms with Crippen molar-refractivity contribution >= 4 is 11.7 Å². The van der Waals surface area contributed by atoms with Crippen molar-refractivity contribution in [3.8, 4) is 11.5 Å². The van der Waals surface area contributed by atoms with E-state index in [4.69, 9.17) is 9.47 Å². The Labute approximate surface area is 157 Å². The zero-order valence-electron chi connectivity index (χ0n) is 14.8. The number of pyridine rings is 1. The van der Waals surface area contributed by atoms with Gasteiger partial charge in [-0.1, -0.05) is 18.2 Å². The monoisotopic (exact) mass is 366 g/mol. The summed E-state index contributed by atoms with van der Waals surface area (Å²) in [6, 6.07) is 18.4. The number of carbonyl (C=O) groups excluding carboxylic acids is 1. The Kier molecular flexibility index (Phi) is 5.99. The molecule has 2 aromatic carbocycles. The summed E-state index contributed by atoms with van der Waals surface area (Å²) in [5.74, 6) is 1.09. The average molecular weight is 366 g/mol. The number of rotatable bonds is 7. The van der Waals surface area contributed by atoms with E-state index < -0.39 is 0 Å². The molecule has 6 heteroatoms. The molecule has 0 aliphatic carbocycles. The third-order valence-electron chi connectivity index (χ3n) is 3.90. The number of carbonyl (C=O) groups is 1. The molecule has 0 aliphatic heterocycles. The van der Waals surface area contributed by atoms with Crippen LogP contribution in [0.5, 0.6) is 11.5 Å². The van der Waals surface area contributed by atoms with Gasteiger partial charge in [0.1, 0.15) is 23.1 Å². The number of halogens is 1. The van der Waals surface area contributed by atoms with E-state index >= 15 is 0 Å². The zero-order chi connectivity index (χ0) is 19.1. The highest BCUT2D eigenvalue weighted by Crippen LogP contribution is 2.18. The van der Waals surface area contributed by atoms with Crippen LogP contribution in [0.4, 0.5) is 10.2 Å². The molecule has 0 saturated carbocycles. The predicted octanol–water partition coefficient (Wildman–Crippen LogP) is 3.84. The van der Waals surface area contributed by atoms with E-state index in [0.29, 0.717) is 18.1 Å². The average Bonchev–Trinajstić information content (AvgIpc) is 2.72. The Bertz CT molecular complexity index is 868. The number of hydrogen-bond acceptors (Lipinski definition) is 4. The Morgan fingerprint density at radius 2 is 1.70 bits per heavy atom. The van der Waals surface area contributed by atoms with E-state index in [9.17, 15) is 9.18 Å². The van der Waals surface area contributed by atoms with Gasteiger partial charge < -0.3 is 9.47 Å². The molecule has 0 spiro atoms. The summed E-state index contributed by atoms with van der Waals surface area (Å²) >= 11 is 0. The summed E-state index contributed by atoms with van der Waals surface area (Å²) in [6.07, 6.45) is 1.63. The lowest BCUT2D eigenvalue weighted by atomic mass is 10.2. The topological polar surface area (TPSA) is 51.7 Å². The Morgan fingerprint density at radius 1 is 1.00 bits per heavy atom. The van der Waals surface area contributed by atoms with Crippen LogP contribution in [0.1, 0.15) is 5.56 Å². The van der Waals surface area contributed by atoms with Gasteiger partial charge in [-0.3, -0.25) is 9.69 Å². The fourth-order valence-corrected chi connectivity index (χ4v) is 2.48. The first-order valence-corrected chi connectivity index (χ1v) is 8.38. The number of anilines is 1. The van der Waals surface area contributed by atoms with Crippen LogP contribution < -0.4 is 14.4 Å². The molecule has 3 aromatic rings. The maximum atomic E-state index is 13.0.